The van der Waals surface area contributed by atoms with E-state index in [1.165, 1.54) is 5.56 Å². The minimum atomic E-state index is 0.221. The second-order valence-electron chi connectivity index (χ2n) is 4.74. The molecule has 3 rings (SSSR count). The van der Waals surface area contributed by atoms with Crippen molar-refractivity contribution in [2.45, 2.75) is 18.9 Å². The second-order valence-corrected chi connectivity index (χ2v) is 6.04. The molecule has 20 heavy (non-hydrogen) atoms. The minimum Gasteiger partial charge on any atom is -0.493 e. The fraction of sp³-hybridized carbons (Fsp3) is 0.267. The quantitative estimate of drug-likeness (QED) is 0.786. The van der Waals surface area contributed by atoms with Crippen LogP contribution in [-0.4, -0.2) is 11.6 Å². The van der Waals surface area contributed by atoms with E-state index in [4.69, 9.17) is 16.3 Å². The summed E-state index contributed by atoms with van der Waals surface area (Å²) < 4.78 is 6.84. The lowest BCUT2D eigenvalue weighted by Gasteiger charge is -2.19. The summed E-state index contributed by atoms with van der Waals surface area (Å²) in [5.41, 5.74) is 2.16. The van der Waals surface area contributed by atoms with Gasteiger partial charge in [0.05, 0.1) is 12.6 Å². The number of hydrogen-bond acceptors (Lipinski definition) is 3. The van der Waals surface area contributed by atoms with Crippen molar-refractivity contribution in [3.63, 3.8) is 0 Å². The average Bonchev–Trinajstić information content (AvgIpc) is 2.61. The molecule has 2 aromatic rings. The van der Waals surface area contributed by atoms with Crippen LogP contribution in [-0.2, 0) is 0 Å². The lowest BCUT2D eigenvalue weighted by Crippen LogP contribution is -2.10. The van der Waals surface area contributed by atoms with E-state index in [2.05, 4.69) is 32.3 Å². The van der Waals surface area contributed by atoms with Gasteiger partial charge in [0.15, 0.2) is 0 Å². The van der Waals surface area contributed by atoms with Crippen LogP contribution < -0.4 is 10.1 Å². The molecule has 1 atom stereocenters. The highest BCUT2D eigenvalue weighted by atomic mass is 79.9. The molecule has 0 fully saturated rings. The van der Waals surface area contributed by atoms with Gasteiger partial charge >= 0.3 is 0 Å². The predicted octanol–water partition coefficient (Wildman–Crippen LogP) is 4.82. The maximum Gasteiger partial charge on any atom is 0.131 e. The van der Waals surface area contributed by atoms with Crippen LogP contribution in [0.5, 0.6) is 5.75 Å². The molecule has 0 spiro atoms. The van der Waals surface area contributed by atoms with E-state index in [0.717, 1.165) is 35.4 Å². The summed E-state index contributed by atoms with van der Waals surface area (Å²) in [6.45, 7) is 0.749. The predicted molar refractivity (Wildman–Crippen MR) is 84.5 cm³/mol. The second kappa shape index (κ2) is 6.02. The number of anilines is 1. The first-order chi connectivity index (χ1) is 9.72. The van der Waals surface area contributed by atoms with Crippen molar-refractivity contribution in [2.75, 3.05) is 11.9 Å². The summed E-state index contributed by atoms with van der Waals surface area (Å²) in [7, 11) is 0. The number of ether oxygens (including phenoxy) is 1. The van der Waals surface area contributed by atoms with Crippen LogP contribution in [0.3, 0.4) is 0 Å². The fourth-order valence-electron chi connectivity index (χ4n) is 2.39. The molecule has 104 valence electrons. The highest BCUT2D eigenvalue weighted by molar-refractivity contribution is 9.10. The molecule has 5 heteroatoms. The number of rotatable bonds is 2. The Bertz CT molecular complexity index is 621. The van der Waals surface area contributed by atoms with Crippen LogP contribution in [0.2, 0.25) is 5.15 Å². The van der Waals surface area contributed by atoms with Crippen LogP contribution in [0.15, 0.2) is 41.0 Å². The molecule has 0 aliphatic carbocycles. The van der Waals surface area contributed by atoms with E-state index in [-0.39, 0.29) is 6.04 Å². The average molecular weight is 354 g/mol. The molecule has 1 aromatic carbocycles. The molecule has 0 amide bonds. The van der Waals surface area contributed by atoms with Crippen molar-refractivity contribution < 1.29 is 4.74 Å². The van der Waals surface area contributed by atoms with Gasteiger partial charge in [-0.25, -0.2) is 4.98 Å². The van der Waals surface area contributed by atoms with Crippen molar-refractivity contribution in [1.82, 2.24) is 4.98 Å². The van der Waals surface area contributed by atoms with Crippen molar-refractivity contribution in [1.29, 1.82) is 0 Å². The van der Waals surface area contributed by atoms with E-state index in [1.54, 1.807) is 6.20 Å². The largest absolute Gasteiger partial charge is 0.493 e. The summed E-state index contributed by atoms with van der Waals surface area (Å²) in [6.07, 6.45) is 3.75. The number of nitrogens with one attached hydrogen (secondary N) is 1. The van der Waals surface area contributed by atoms with Gasteiger partial charge in [-0.15, -0.1) is 0 Å². The molecular weight excluding hydrogens is 340 g/mol. The number of halogens is 2. The SMILES string of the molecule is Clc1cc(NC2CCCOc3cc(Br)ccc32)ccn1. The summed E-state index contributed by atoms with van der Waals surface area (Å²) in [4.78, 5) is 4.00. The molecule has 1 aromatic heterocycles. The Balaban J connectivity index is 1.90. The molecule has 1 aliphatic heterocycles. The van der Waals surface area contributed by atoms with Gasteiger partial charge in [-0.3, -0.25) is 0 Å². The Kier molecular flexibility index (Phi) is 4.13. The van der Waals surface area contributed by atoms with Crippen LogP contribution in [0.25, 0.3) is 0 Å². The van der Waals surface area contributed by atoms with Gasteiger partial charge in [-0.1, -0.05) is 33.6 Å². The van der Waals surface area contributed by atoms with Gasteiger partial charge < -0.3 is 10.1 Å². The van der Waals surface area contributed by atoms with Gasteiger partial charge in [-0.2, -0.15) is 0 Å². The Labute approximate surface area is 131 Å². The lowest BCUT2D eigenvalue weighted by atomic mass is 10.0. The van der Waals surface area contributed by atoms with Gasteiger partial charge in [0.1, 0.15) is 10.9 Å². The number of pyridine rings is 1. The van der Waals surface area contributed by atoms with Gasteiger partial charge in [0.2, 0.25) is 0 Å². The van der Waals surface area contributed by atoms with Crippen molar-refractivity contribution in [3.8, 4) is 5.75 Å². The third-order valence-corrected chi connectivity index (χ3v) is 4.01. The molecule has 1 N–H and O–H groups in total. The molecule has 0 saturated carbocycles. The summed E-state index contributed by atoms with van der Waals surface area (Å²) in [5.74, 6) is 0.939. The van der Waals surface area contributed by atoms with Crippen molar-refractivity contribution >= 4 is 33.2 Å². The summed E-state index contributed by atoms with van der Waals surface area (Å²) in [5, 5.41) is 4.01. The third kappa shape index (κ3) is 3.07. The Morgan fingerprint density at radius 3 is 3.05 bits per heavy atom. The third-order valence-electron chi connectivity index (χ3n) is 3.31. The van der Waals surface area contributed by atoms with E-state index in [1.807, 2.05) is 24.3 Å². The summed E-state index contributed by atoms with van der Waals surface area (Å²) >= 11 is 9.42. The smallest absolute Gasteiger partial charge is 0.131 e. The zero-order valence-corrected chi connectivity index (χ0v) is 13.1. The van der Waals surface area contributed by atoms with Crippen LogP contribution in [0.4, 0.5) is 5.69 Å². The lowest BCUT2D eigenvalue weighted by molar-refractivity contribution is 0.316. The first kappa shape index (κ1) is 13.7. The Hall–Kier alpha value is -1.26. The fourth-order valence-corrected chi connectivity index (χ4v) is 2.90. The Morgan fingerprint density at radius 1 is 1.30 bits per heavy atom. The van der Waals surface area contributed by atoms with Gasteiger partial charge in [-0.05, 0) is 37.1 Å². The molecule has 0 saturated heterocycles. The zero-order chi connectivity index (χ0) is 13.9. The van der Waals surface area contributed by atoms with E-state index < -0.39 is 0 Å². The first-order valence-electron chi connectivity index (χ1n) is 6.53. The number of fused-ring (bicyclic) bond motifs is 1. The van der Waals surface area contributed by atoms with Crippen LogP contribution in [0.1, 0.15) is 24.4 Å². The summed E-state index contributed by atoms with van der Waals surface area (Å²) in [6, 6.07) is 10.2. The monoisotopic (exact) mass is 352 g/mol. The van der Waals surface area contributed by atoms with Crippen molar-refractivity contribution in [3.05, 3.63) is 51.7 Å². The molecule has 3 nitrogen and oxygen atoms in total. The number of aromatic nitrogens is 1. The van der Waals surface area contributed by atoms with Gasteiger partial charge in [0.25, 0.3) is 0 Å². The van der Waals surface area contributed by atoms with E-state index >= 15 is 0 Å². The maximum atomic E-state index is 5.93. The Morgan fingerprint density at radius 2 is 2.20 bits per heavy atom. The van der Waals surface area contributed by atoms with Crippen LogP contribution >= 0.6 is 27.5 Å². The normalized spacial score (nSPS) is 17.8. The molecular formula is C15H14BrClN2O. The zero-order valence-electron chi connectivity index (χ0n) is 10.8. The molecule has 1 unspecified atom stereocenters. The highest BCUT2D eigenvalue weighted by Gasteiger charge is 2.20. The molecule has 1 aliphatic rings. The van der Waals surface area contributed by atoms with Crippen LogP contribution in [0, 0.1) is 0 Å². The molecule has 2 heterocycles. The van der Waals surface area contributed by atoms with E-state index in [9.17, 15) is 0 Å². The molecule has 0 radical (unpaired) electrons. The highest BCUT2D eigenvalue weighted by Crippen LogP contribution is 2.35. The number of hydrogen-bond donors (Lipinski definition) is 1. The van der Waals surface area contributed by atoms with Crippen molar-refractivity contribution in [2.24, 2.45) is 0 Å². The standard InChI is InChI=1S/C15H14BrClN2O/c16-10-3-4-12-13(2-1-7-20-14(12)8-10)19-11-5-6-18-15(17)9-11/h3-6,8-9,13H,1-2,7H2,(H,18,19). The minimum absolute atomic E-state index is 0.221. The number of nitrogens with zero attached hydrogens (tertiary/aromatic N) is 1. The first-order valence-corrected chi connectivity index (χ1v) is 7.70. The molecule has 0 bridgehead atoms. The van der Waals surface area contributed by atoms with Gasteiger partial charge in [0, 0.05) is 21.9 Å². The van der Waals surface area contributed by atoms with E-state index in [0.29, 0.717) is 5.15 Å². The topological polar surface area (TPSA) is 34.1 Å². The maximum absolute atomic E-state index is 5.93. The number of benzene rings is 1.